The number of sulfonamides is 1. The first-order valence-electron chi connectivity index (χ1n) is 6.29. The van der Waals surface area contributed by atoms with Crippen LogP contribution < -0.4 is 0 Å². The number of halogens is 1. The molecule has 0 aromatic heterocycles. The van der Waals surface area contributed by atoms with Gasteiger partial charge < -0.3 is 5.11 Å². The molecule has 1 aromatic rings. The largest absolute Gasteiger partial charge is 0.384 e. The van der Waals surface area contributed by atoms with E-state index in [9.17, 15) is 13.5 Å². The van der Waals surface area contributed by atoms with E-state index in [1.165, 1.54) is 29.6 Å². The number of rotatable bonds is 0. The summed E-state index contributed by atoms with van der Waals surface area (Å²) in [5.74, 6) is 0. The van der Waals surface area contributed by atoms with Gasteiger partial charge >= 0.3 is 0 Å². The van der Waals surface area contributed by atoms with Gasteiger partial charge in [0.25, 0.3) is 10.0 Å². The highest BCUT2D eigenvalue weighted by Crippen LogP contribution is 2.41. The van der Waals surface area contributed by atoms with Crippen LogP contribution in [0.15, 0.2) is 46.5 Å². The van der Waals surface area contributed by atoms with Gasteiger partial charge in [-0.2, -0.15) is 0 Å². The first-order valence-corrected chi connectivity index (χ1v) is 8.11. The minimum absolute atomic E-state index is 0.111. The van der Waals surface area contributed by atoms with Gasteiger partial charge in [0.2, 0.25) is 0 Å². The second kappa shape index (κ2) is 4.62. The molecule has 1 heterocycles. The van der Waals surface area contributed by atoms with Gasteiger partial charge in [-0.1, -0.05) is 23.8 Å². The van der Waals surface area contributed by atoms with Crippen molar-refractivity contribution in [1.82, 2.24) is 4.31 Å². The lowest BCUT2D eigenvalue weighted by Crippen LogP contribution is -2.26. The van der Waals surface area contributed by atoms with Crippen LogP contribution in [0.3, 0.4) is 0 Å². The molecule has 0 amide bonds. The molecule has 0 bridgehead atoms. The maximum atomic E-state index is 12.6. The average Bonchev–Trinajstić information content (AvgIpc) is 2.49. The molecule has 0 spiro atoms. The van der Waals surface area contributed by atoms with Crippen molar-refractivity contribution >= 4 is 21.6 Å². The Bertz CT molecular complexity index is 737. The van der Waals surface area contributed by atoms with Crippen LogP contribution in [0.4, 0.5) is 0 Å². The highest BCUT2D eigenvalue weighted by molar-refractivity contribution is 7.89. The monoisotopic (exact) mass is 311 g/mol. The quantitative estimate of drug-likeness (QED) is 0.801. The van der Waals surface area contributed by atoms with Crippen molar-refractivity contribution in [2.24, 2.45) is 0 Å². The van der Waals surface area contributed by atoms with Crippen LogP contribution in [0.5, 0.6) is 0 Å². The Labute approximate surface area is 123 Å². The highest BCUT2D eigenvalue weighted by atomic mass is 35.5. The molecule has 1 atom stereocenters. The summed E-state index contributed by atoms with van der Waals surface area (Å²) < 4.78 is 26.6. The van der Waals surface area contributed by atoms with Crippen LogP contribution >= 0.6 is 11.6 Å². The van der Waals surface area contributed by atoms with Gasteiger partial charge in [0, 0.05) is 28.9 Å². The molecule has 20 heavy (non-hydrogen) atoms. The van der Waals surface area contributed by atoms with Gasteiger partial charge in [0.15, 0.2) is 0 Å². The van der Waals surface area contributed by atoms with Gasteiger partial charge in [0.05, 0.1) is 4.90 Å². The lowest BCUT2D eigenvalue weighted by molar-refractivity contribution is 0.214. The summed E-state index contributed by atoms with van der Waals surface area (Å²) in [5, 5.41) is 11.0. The van der Waals surface area contributed by atoms with Gasteiger partial charge in [0.1, 0.15) is 6.10 Å². The highest BCUT2D eigenvalue weighted by Gasteiger charge is 2.35. The summed E-state index contributed by atoms with van der Waals surface area (Å²) in [7, 11) is -2.13. The van der Waals surface area contributed by atoms with Crippen LogP contribution in [-0.4, -0.2) is 24.9 Å². The number of hydrogen-bond donors (Lipinski definition) is 1. The smallest absolute Gasteiger partial charge is 0.264 e. The van der Waals surface area contributed by atoms with Crippen molar-refractivity contribution in [1.29, 1.82) is 0 Å². The number of benzene rings is 1. The summed E-state index contributed by atoms with van der Waals surface area (Å²) in [5.41, 5.74) is 1.61. The SMILES string of the molecule is CN1C2=C(C=CCC2)C(O)c2cc(Cl)ccc2S1(=O)=O. The van der Waals surface area contributed by atoms with Crippen molar-refractivity contribution in [3.63, 3.8) is 0 Å². The standard InChI is InChI=1S/C14H14ClNO3S/c1-16-12-5-3-2-4-10(12)14(17)11-8-9(15)6-7-13(11)20(16,18)19/h2,4,6-8,14,17H,3,5H2,1H3. The van der Waals surface area contributed by atoms with Crippen molar-refractivity contribution in [2.75, 3.05) is 7.05 Å². The molecule has 0 saturated heterocycles. The van der Waals surface area contributed by atoms with E-state index in [1.54, 1.807) is 6.08 Å². The van der Waals surface area contributed by atoms with Crippen LogP contribution in [-0.2, 0) is 10.0 Å². The van der Waals surface area contributed by atoms with E-state index in [-0.39, 0.29) is 4.90 Å². The van der Waals surface area contributed by atoms with Crippen molar-refractivity contribution in [3.05, 3.63) is 52.2 Å². The summed E-state index contributed by atoms with van der Waals surface area (Å²) >= 11 is 5.95. The van der Waals surface area contributed by atoms with Gasteiger partial charge in [-0.05, 0) is 31.0 Å². The van der Waals surface area contributed by atoms with Crippen LogP contribution in [0.1, 0.15) is 24.5 Å². The Morgan fingerprint density at radius 3 is 2.90 bits per heavy atom. The molecule has 6 heteroatoms. The molecule has 1 aromatic carbocycles. The lowest BCUT2D eigenvalue weighted by Gasteiger charge is -2.24. The third-order valence-electron chi connectivity index (χ3n) is 3.76. The summed E-state index contributed by atoms with van der Waals surface area (Å²) in [6.07, 6.45) is 4.13. The van der Waals surface area contributed by atoms with Crippen molar-refractivity contribution < 1.29 is 13.5 Å². The fourth-order valence-electron chi connectivity index (χ4n) is 2.69. The first-order chi connectivity index (χ1) is 9.43. The first kappa shape index (κ1) is 13.7. The molecule has 0 saturated carbocycles. The molecule has 1 aliphatic carbocycles. The normalized spacial score (nSPS) is 24.1. The van der Waals surface area contributed by atoms with Gasteiger partial charge in [-0.15, -0.1) is 0 Å². The number of nitrogens with zero attached hydrogens (tertiary/aromatic N) is 1. The van der Waals surface area contributed by atoms with Gasteiger partial charge in [-0.25, -0.2) is 8.42 Å². The Kier molecular flexibility index (Phi) is 3.16. The molecular weight excluding hydrogens is 298 g/mol. The minimum atomic E-state index is -3.65. The second-order valence-corrected chi connectivity index (χ2v) is 7.27. The molecule has 0 radical (unpaired) electrons. The van der Waals surface area contributed by atoms with Crippen molar-refractivity contribution in [2.45, 2.75) is 23.8 Å². The summed E-state index contributed by atoms with van der Waals surface area (Å²) in [6.45, 7) is 0. The maximum absolute atomic E-state index is 12.6. The van der Waals surface area contributed by atoms with Crippen LogP contribution in [0.25, 0.3) is 0 Å². The van der Waals surface area contributed by atoms with E-state index in [4.69, 9.17) is 11.6 Å². The van der Waals surface area contributed by atoms with E-state index < -0.39 is 16.1 Å². The zero-order chi connectivity index (χ0) is 14.5. The fourth-order valence-corrected chi connectivity index (χ4v) is 4.36. The van der Waals surface area contributed by atoms with Gasteiger partial charge in [-0.3, -0.25) is 4.31 Å². The fraction of sp³-hybridized carbons (Fsp3) is 0.286. The third-order valence-corrected chi connectivity index (χ3v) is 5.86. The molecule has 2 aliphatic rings. The van der Waals surface area contributed by atoms with E-state index >= 15 is 0 Å². The Balaban J connectivity index is 2.34. The topological polar surface area (TPSA) is 57.6 Å². The van der Waals surface area contributed by atoms with Crippen molar-refractivity contribution in [3.8, 4) is 0 Å². The molecular formula is C14H14ClNO3S. The summed E-state index contributed by atoms with van der Waals surface area (Å²) in [4.78, 5) is 0.111. The van der Waals surface area contributed by atoms with Crippen LogP contribution in [0.2, 0.25) is 5.02 Å². The number of hydrogen-bond acceptors (Lipinski definition) is 3. The second-order valence-electron chi connectivity index (χ2n) is 4.90. The number of fused-ring (bicyclic) bond motifs is 1. The third kappa shape index (κ3) is 1.89. The number of aliphatic hydroxyl groups is 1. The Morgan fingerprint density at radius 2 is 2.15 bits per heavy atom. The maximum Gasteiger partial charge on any atom is 0.264 e. The Morgan fingerprint density at radius 1 is 1.40 bits per heavy atom. The number of allylic oxidation sites excluding steroid dienone is 2. The van der Waals surface area contributed by atoms with E-state index in [2.05, 4.69) is 0 Å². The summed E-state index contributed by atoms with van der Waals surface area (Å²) in [6, 6.07) is 4.50. The molecule has 1 aliphatic heterocycles. The molecule has 1 N–H and O–H groups in total. The Hall–Kier alpha value is -1.30. The zero-order valence-electron chi connectivity index (χ0n) is 10.9. The molecule has 106 valence electrons. The van der Waals surface area contributed by atoms with E-state index in [1.807, 2.05) is 6.08 Å². The average molecular weight is 312 g/mol. The lowest BCUT2D eigenvalue weighted by atomic mass is 9.94. The molecule has 0 fully saturated rings. The minimum Gasteiger partial charge on any atom is -0.384 e. The molecule has 1 unspecified atom stereocenters. The predicted molar refractivity (Wildman–Crippen MR) is 76.8 cm³/mol. The van der Waals surface area contributed by atoms with E-state index in [0.29, 0.717) is 28.3 Å². The van der Waals surface area contributed by atoms with Crippen LogP contribution in [0, 0.1) is 0 Å². The number of aliphatic hydroxyl groups excluding tert-OH is 1. The zero-order valence-corrected chi connectivity index (χ0v) is 12.4. The van der Waals surface area contributed by atoms with E-state index in [0.717, 1.165) is 6.42 Å². The molecule has 4 nitrogen and oxygen atoms in total. The molecule has 3 rings (SSSR count). The predicted octanol–water partition coefficient (Wildman–Crippen LogP) is 2.61.